The van der Waals surface area contributed by atoms with Crippen molar-refractivity contribution < 1.29 is 0 Å². The molecule has 1 aliphatic rings. The molecule has 0 aliphatic carbocycles. The third kappa shape index (κ3) is 0.382. The van der Waals surface area contributed by atoms with E-state index in [0.717, 1.165) is 5.25 Å². The van der Waals surface area contributed by atoms with Gasteiger partial charge in [-0.2, -0.15) is 0 Å². The van der Waals surface area contributed by atoms with Gasteiger partial charge < -0.3 is 0 Å². The second kappa shape index (κ2) is 0.646. The van der Waals surface area contributed by atoms with Crippen LogP contribution in [0, 0.1) is 0 Å². The fourth-order valence-electron chi connectivity index (χ4n) is 0.0962. The average Bonchev–Trinajstić information content (AvgIpc) is 1.75. The molecule has 0 nitrogen and oxygen atoms in total. The lowest BCUT2D eigenvalue weighted by Gasteiger charge is -1.33. The zero-order chi connectivity index (χ0) is 2.99. The quantitative estimate of drug-likeness (QED) is 0.297. The Bertz CT molecular complexity index is 22.5. The molecule has 23 valence electrons. The van der Waals surface area contributed by atoms with E-state index >= 15 is 0 Å². The Kier molecular flexibility index (Phi) is 0.417. The maximum Gasteiger partial charge on any atom is 0.212 e. The number of thioether (sulfide) groups is 1. The first-order valence-electron chi connectivity index (χ1n) is 1.51. The van der Waals surface area contributed by atoms with Gasteiger partial charge in [0, 0.05) is 0 Å². The van der Waals surface area contributed by atoms with Gasteiger partial charge in [-0.3, -0.25) is 0 Å². The highest BCUT2D eigenvalue weighted by Gasteiger charge is 2.37. The van der Waals surface area contributed by atoms with Crippen LogP contribution in [0.25, 0.3) is 0 Å². The smallest absolute Gasteiger partial charge is 0.00706 e. The molecule has 0 saturated carbocycles. The highest BCUT2D eigenvalue weighted by molar-refractivity contribution is 7.86. The van der Waals surface area contributed by atoms with Gasteiger partial charge in [0.2, 0.25) is 22.8 Å². The number of hydrogen-bond donors (Lipinski definition) is 0. The first-order valence-corrected chi connectivity index (χ1v) is 2.56. The van der Waals surface area contributed by atoms with Crippen LogP contribution in [0.3, 0.4) is 0 Å². The summed E-state index contributed by atoms with van der Waals surface area (Å²) in [7, 11) is 0. The largest absolute Gasteiger partial charge is 0.212 e. The molecule has 1 radical (unpaired) electrons. The van der Waals surface area contributed by atoms with Crippen LogP contribution in [0.15, 0.2) is 0 Å². The van der Waals surface area contributed by atoms with Crippen molar-refractivity contribution in [3.8, 4) is 0 Å². The summed E-state index contributed by atoms with van der Waals surface area (Å²) < 4.78 is 0. The molecule has 1 saturated heterocycles. The van der Waals surface area contributed by atoms with Gasteiger partial charge >= 0.3 is 0 Å². The Balaban J connectivity index is 2.17. The third-order valence-corrected chi connectivity index (χ3v) is 1.50. The van der Waals surface area contributed by atoms with Gasteiger partial charge in [0.1, 0.15) is 0 Å². The van der Waals surface area contributed by atoms with Crippen LogP contribution in [-0.2, 0) is 11.8 Å². The summed E-state index contributed by atoms with van der Waals surface area (Å²) in [4.78, 5) is 0. The molecule has 0 aromatic heterocycles. The predicted octanol–water partition coefficient (Wildman–Crippen LogP) is 0.471. The van der Waals surface area contributed by atoms with Crippen molar-refractivity contribution in [2.24, 2.45) is 0 Å². The van der Waals surface area contributed by atoms with Gasteiger partial charge in [-0.25, -0.2) is 0 Å². The molecule has 0 N–H and O–H groups in total. The van der Waals surface area contributed by atoms with Crippen molar-refractivity contribution in [1.82, 2.24) is 0 Å². The van der Waals surface area contributed by atoms with Crippen LogP contribution in [-0.4, -0.2) is 11.0 Å². The third-order valence-electron chi connectivity index (χ3n) is 0.500. The van der Waals surface area contributed by atoms with Gasteiger partial charge in [0.05, 0.1) is 0 Å². The van der Waals surface area contributed by atoms with Crippen LogP contribution >= 0.6 is 0 Å². The summed E-state index contributed by atoms with van der Waals surface area (Å²) in [6.45, 7) is 2.24. The molecule has 0 bridgehead atoms. The van der Waals surface area contributed by atoms with Gasteiger partial charge in [-0.05, 0) is 6.92 Å². The van der Waals surface area contributed by atoms with Crippen LogP contribution in [0.2, 0.25) is 0 Å². The average molecular weight is 74.1 g/mol. The standard InChI is InChI=1S/C3H6S/c1-3-2-4-3/h3H,2H2,1H3/q+1. The minimum Gasteiger partial charge on any atom is -0.00706 e. The molecule has 0 aromatic carbocycles. The Labute approximate surface area is 30.6 Å². The first kappa shape index (κ1) is 2.58. The summed E-state index contributed by atoms with van der Waals surface area (Å²) in [5, 5.41) is 1.000. The van der Waals surface area contributed by atoms with Crippen LogP contribution in [0.1, 0.15) is 6.92 Å². The Morgan fingerprint density at radius 3 is 2.25 bits per heavy atom. The van der Waals surface area contributed by atoms with E-state index < -0.39 is 0 Å². The first-order chi connectivity index (χ1) is 1.89. The summed E-state index contributed by atoms with van der Waals surface area (Å²) in [5.41, 5.74) is 0. The number of rotatable bonds is 0. The maximum absolute atomic E-state index is 2.24. The lowest BCUT2D eigenvalue weighted by atomic mass is 10.6. The molecule has 0 amide bonds. The van der Waals surface area contributed by atoms with E-state index in [2.05, 4.69) is 6.92 Å². The van der Waals surface area contributed by atoms with Crippen molar-refractivity contribution in [1.29, 1.82) is 0 Å². The molecular weight excluding hydrogens is 68.1 g/mol. The minimum atomic E-state index is 1.000. The van der Waals surface area contributed by atoms with Crippen LogP contribution < -0.4 is 0 Å². The fraction of sp³-hybridized carbons (Fsp3) is 1.00. The van der Waals surface area contributed by atoms with E-state index in [1.165, 1.54) is 5.75 Å². The maximum atomic E-state index is 2.24. The molecule has 0 spiro atoms. The van der Waals surface area contributed by atoms with E-state index in [1.807, 2.05) is 11.8 Å². The van der Waals surface area contributed by atoms with Gasteiger partial charge in [-0.15, -0.1) is 0 Å². The fourth-order valence-corrected chi connectivity index (χ4v) is 0.289. The summed E-state index contributed by atoms with van der Waals surface area (Å²) in [5.74, 6) is 1.40. The van der Waals surface area contributed by atoms with Crippen molar-refractivity contribution in [2.75, 3.05) is 5.75 Å². The summed E-state index contributed by atoms with van der Waals surface area (Å²) in [6.07, 6.45) is 0. The molecule has 1 fully saturated rings. The molecule has 1 unspecified atom stereocenters. The normalized spacial score (nSPS) is 39.8. The Morgan fingerprint density at radius 2 is 2.25 bits per heavy atom. The molecule has 4 heavy (non-hydrogen) atoms. The Hall–Kier alpha value is 0.350. The van der Waals surface area contributed by atoms with E-state index in [1.54, 1.807) is 0 Å². The van der Waals surface area contributed by atoms with Crippen molar-refractivity contribution >= 4 is 11.8 Å². The molecule has 1 heterocycles. The van der Waals surface area contributed by atoms with E-state index in [4.69, 9.17) is 0 Å². The highest BCUT2D eigenvalue weighted by atomic mass is 32.2. The topological polar surface area (TPSA) is 0 Å². The Morgan fingerprint density at radius 1 is 2.00 bits per heavy atom. The zero-order valence-electron chi connectivity index (χ0n) is 2.69. The van der Waals surface area contributed by atoms with Gasteiger partial charge in [0.25, 0.3) is 0 Å². The summed E-state index contributed by atoms with van der Waals surface area (Å²) in [6, 6.07) is 0. The van der Waals surface area contributed by atoms with Crippen molar-refractivity contribution in [2.45, 2.75) is 12.2 Å². The second-order valence-electron chi connectivity index (χ2n) is 1.14. The molecule has 0 aromatic rings. The second-order valence-corrected chi connectivity index (χ2v) is 2.62. The van der Waals surface area contributed by atoms with Gasteiger partial charge in [-0.1, -0.05) is 0 Å². The van der Waals surface area contributed by atoms with Crippen LogP contribution in [0.4, 0.5) is 0 Å². The lowest BCUT2D eigenvalue weighted by molar-refractivity contribution is 1.25. The lowest BCUT2D eigenvalue weighted by Crippen LogP contribution is -1.59. The van der Waals surface area contributed by atoms with E-state index in [0.29, 0.717) is 0 Å². The monoisotopic (exact) mass is 74.0 g/mol. The predicted molar refractivity (Wildman–Crippen MR) is 21.7 cm³/mol. The van der Waals surface area contributed by atoms with Crippen molar-refractivity contribution in [3.05, 3.63) is 0 Å². The van der Waals surface area contributed by atoms with Crippen LogP contribution in [0.5, 0.6) is 0 Å². The summed E-state index contributed by atoms with van der Waals surface area (Å²) >= 11 is 2.02. The minimum absolute atomic E-state index is 1.000. The zero-order valence-corrected chi connectivity index (χ0v) is 3.51. The van der Waals surface area contributed by atoms with E-state index in [9.17, 15) is 0 Å². The SMILES string of the molecule is CC1C[S+]1. The molecule has 1 aliphatic heterocycles. The molecule has 1 rings (SSSR count). The van der Waals surface area contributed by atoms with E-state index in [-0.39, 0.29) is 0 Å². The number of hydrogen-bond acceptors (Lipinski definition) is 1. The highest BCUT2D eigenvalue weighted by Crippen LogP contribution is 2.05. The van der Waals surface area contributed by atoms with Crippen molar-refractivity contribution in [3.63, 3.8) is 0 Å². The van der Waals surface area contributed by atoms with Gasteiger partial charge in [0.15, 0.2) is 0 Å². The molecule has 1 atom stereocenters. The molecular formula is C3H6S+. The molecule has 1 heteroatoms.